The molecule has 1 aromatic rings. The van der Waals surface area contributed by atoms with Gasteiger partial charge in [-0.1, -0.05) is 6.92 Å². The third-order valence-electron chi connectivity index (χ3n) is 2.56. The monoisotopic (exact) mass is 229 g/mol. The molecular weight excluding hydrogens is 210 g/mol. The first-order valence-corrected chi connectivity index (χ1v) is 6.78. The molecule has 0 saturated carbocycles. The molecule has 3 unspecified atom stereocenters. The van der Waals surface area contributed by atoms with Gasteiger partial charge in [0.15, 0.2) is 0 Å². The van der Waals surface area contributed by atoms with Crippen LogP contribution < -0.4 is 5.32 Å². The standard InChI is InChI=1S/C10H19N3OS/c1-8(15(3)14)4-6-11-9(2)10-5-7-12-13-10/h5,7-9,11H,4,6H2,1-3H3,(H,12,13). The number of rotatable bonds is 6. The Kier molecular flexibility index (Phi) is 4.98. The first kappa shape index (κ1) is 12.4. The fourth-order valence-corrected chi connectivity index (χ4v) is 1.74. The maximum absolute atomic E-state index is 11.1. The first-order chi connectivity index (χ1) is 7.11. The highest BCUT2D eigenvalue weighted by atomic mass is 32.2. The third kappa shape index (κ3) is 4.13. The number of H-pyrrole nitrogens is 1. The van der Waals surface area contributed by atoms with E-state index in [-0.39, 0.29) is 11.3 Å². The van der Waals surface area contributed by atoms with Crippen LogP contribution >= 0.6 is 0 Å². The van der Waals surface area contributed by atoms with E-state index in [0.29, 0.717) is 0 Å². The van der Waals surface area contributed by atoms with Crippen molar-refractivity contribution >= 4 is 10.8 Å². The van der Waals surface area contributed by atoms with Gasteiger partial charge in [-0.2, -0.15) is 5.10 Å². The number of hydrogen-bond donors (Lipinski definition) is 2. The zero-order valence-corrected chi connectivity index (χ0v) is 10.3. The molecule has 1 aromatic heterocycles. The normalized spacial score (nSPS) is 17.3. The maximum atomic E-state index is 11.1. The van der Waals surface area contributed by atoms with E-state index >= 15 is 0 Å². The summed E-state index contributed by atoms with van der Waals surface area (Å²) in [5.74, 6) is 0. The second-order valence-corrected chi connectivity index (χ2v) is 5.59. The van der Waals surface area contributed by atoms with Gasteiger partial charge in [-0.05, 0) is 26.0 Å². The van der Waals surface area contributed by atoms with Crippen molar-refractivity contribution in [3.05, 3.63) is 18.0 Å². The number of nitrogens with zero attached hydrogens (tertiary/aromatic N) is 1. The smallest absolute Gasteiger partial charge is 0.0518 e. The van der Waals surface area contributed by atoms with Gasteiger partial charge in [0.1, 0.15) is 0 Å². The van der Waals surface area contributed by atoms with E-state index in [2.05, 4.69) is 22.4 Å². The summed E-state index contributed by atoms with van der Waals surface area (Å²) in [6.45, 7) is 4.97. The Morgan fingerprint density at radius 2 is 2.33 bits per heavy atom. The number of nitrogens with one attached hydrogen (secondary N) is 2. The second-order valence-electron chi connectivity index (χ2n) is 3.79. The molecule has 1 rings (SSSR count). The van der Waals surface area contributed by atoms with Crippen molar-refractivity contribution in [3.8, 4) is 0 Å². The van der Waals surface area contributed by atoms with Crippen LogP contribution in [0.15, 0.2) is 12.3 Å². The topological polar surface area (TPSA) is 57.8 Å². The fraction of sp³-hybridized carbons (Fsp3) is 0.700. The molecule has 0 radical (unpaired) electrons. The number of hydrogen-bond acceptors (Lipinski definition) is 3. The highest BCUT2D eigenvalue weighted by molar-refractivity contribution is 7.84. The summed E-state index contributed by atoms with van der Waals surface area (Å²) >= 11 is 0. The molecule has 0 amide bonds. The van der Waals surface area contributed by atoms with Gasteiger partial charge in [0, 0.05) is 34.5 Å². The minimum absolute atomic E-state index is 0.256. The minimum Gasteiger partial charge on any atom is -0.309 e. The predicted octanol–water partition coefficient (Wildman–Crippen LogP) is 1.22. The highest BCUT2D eigenvalue weighted by Gasteiger charge is 2.08. The van der Waals surface area contributed by atoms with E-state index in [1.807, 2.05) is 13.0 Å². The number of aromatic amines is 1. The molecule has 0 aromatic carbocycles. The molecular formula is C10H19N3OS. The molecule has 4 nitrogen and oxygen atoms in total. The lowest BCUT2D eigenvalue weighted by molar-refractivity contribution is 0.542. The van der Waals surface area contributed by atoms with E-state index in [0.717, 1.165) is 18.7 Å². The van der Waals surface area contributed by atoms with Gasteiger partial charge >= 0.3 is 0 Å². The lowest BCUT2D eigenvalue weighted by Crippen LogP contribution is -2.24. The summed E-state index contributed by atoms with van der Waals surface area (Å²) in [5.41, 5.74) is 1.08. The molecule has 86 valence electrons. The SMILES string of the molecule is CC(NCCC(C)S(C)=O)c1ccn[nH]1. The summed E-state index contributed by atoms with van der Waals surface area (Å²) in [6.07, 6.45) is 4.43. The second kappa shape index (κ2) is 6.02. The van der Waals surface area contributed by atoms with Crippen LogP contribution in [0.3, 0.4) is 0 Å². The minimum atomic E-state index is -0.722. The molecule has 1 heterocycles. The summed E-state index contributed by atoms with van der Waals surface area (Å²) in [6, 6.07) is 2.23. The Morgan fingerprint density at radius 1 is 1.60 bits per heavy atom. The van der Waals surface area contributed by atoms with Crippen LogP contribution in [-0.4, -0.2) is 32.5 Å². The van der Waals surface area contributed by atoms with Crippen molar-refractivity contribution in [3.63, 3.8) is 0 Å². The molecule has 3 atom stereocenters. The first-order valence-electron chi connectivity index (χ1n) is 5.16. The van der Waals surface area contributed by atoms with Gasteiger partial charge < -0.3 is 5.32 Å². The van der Waals surface area contributed by atoms with Crippen LogP contribution in [0.1, 0.15) is 32.0 Å². The van der Waals surface area contributed by atoms with Crippen molar-refractivity contribution in [2.24, 2.45) is 0 Å². The van der Waals surface area contributed by atoms with E-state index in [4.69, 9.17) is 0 Å². The molecule has 0 aliphatic carbocycles. The Hall–Kier alpha value is -0.680. The quantitative estimate of drug-likeness (QED) is 0.771. The van der Waals surface area contributed by atoms with Crippen LogP contribution in [0.2, 0.25) is 0 Å². The van der Waals surface area contributed by atoms with Crippen LogP contribution in [-0.2, 0) is 10.8 Å². The van der Waals surface area contributed by atoms with E-state index in [1.165, 1.54) is 0 Å². The van der Waals surface area contributed by atoms with Crippen molar-refractivity contribution in [2.45, 2.75) is 31.6 Å². The summed E-state index contributed by atoms with van der Waals surface area (Å²) in [7, 11) is -0.722. The maximum Gasteiger partial charge on any atom is 0.0518 e. The summed E-state index contributed by atoms with van der Waals surface area (Å²) in [5, 5.41) is 10.4. The molecule has 15 heavy (non-hydrogen) atoms. The molecule has 0 spiro atoms. The van der Waals surface area contributed by atoms with Gasteiger partial charge in [0.05, 0.1) is 5.69 Å². The van der Waals surface area contributed by atoms with Gasteiger partial charge in [0.2, 0.25) is 0 Å². The van der Waals surface area contributed by atoms with Crippen molar-refractivity contribution in [2.75, 3.05) is 12.8 Å². The highest BCUT2D eigenvalue weighted by Crippen LogP contribution is 2.07. The molecule has 0 aliphatic heterocycles. The predicted molar refractivity (Wildman–Crippen MR) is 63.2 cm³/mol. The van der Waals surface area contributed by atoms with Gasteiger partial charge in [0.25, 0.3) is 0 Å². The summed E-state index contributed by atoms with van der Waals surface area (Å²) < 4.78 is 11.1. The van der Waals surface area contributed by atoms with Crippen molar-refractivity contribution < 1.29 is 4.21 Å². The zero-order chi connectivity index (χ0) is 11.3. The average Bonchev–Trinajstić information content (AvgIpc) is 2.70. The largest absolute Gasteiger partial charge is 0.309 e. The molecule has 0 saturated heterocycles. The molecule has 5 heteroatoms. The van der Waals surface area contributed by atoms with Crippen LogP contribution in [0.4, 0.5) is 0 Å². The van der Waals surface area contributed by atoms with E-state index in [1.54, 1.807) is 12.5 Å². The lowest BCUT2D eigenvalue weighted by Gasteiger charge is -2.13. The number of aromatic nitrogens is 2. The Bertz CT molecular complexity index is 300. The molecule has 0 fully saturated rings. The Morgan fingerprint density at radius 3 is 2.87 bits per heavy atom. The van der Waals surface area contributed by atoms with E-state index in [9.17, 15) is 4.21 Å². The zero-order valence-electron chi connectivity index (χ0n) is 9.49. The van der Waals surface area contributed by atoms with Crippen LogP contribution in [0.5, 0.6) is 0 Å². The molecule has 0 aliphatic rings. The molecule has 0 bridgehead atoms. The van der Waals surface area contributed by atoms with Crippen molar-refractivity contribution in [1.29, 1.82) is 0 Å². The average molecular weight is 229 g/mol. The fourth-order valence-electron chi connectivity index (χ4n) is 1.29. The summed E-state index contributed by atoms with van der Waals surface area (Å²) in [4.78, 5) is 0. The Balaban J connectivity index is 2.23. The molecule has 2 N–H and O–H groups in total. The van der Waals surface area contributed by atoms with Gasteiger partial charge in [-0.15, -0.1) is 0 Å². The van der Waals surface area contributed by atoms with Gasteiger partial charge in [-0.25, -0.2) is 0 Å². The Labute approximate surface area is 93.3 Å². The van der Waals surface area contributed by atoms with E-state index < -0.39 is 10.8 Å². The van der Waals surface area contributed by atoms with Crippen LogP contribution in [0.25, 0.3) is 0 Å². The van der Waals surface area contributed by atoms with Gasteiger partial charge in [-0.3, -0.25) is 9.31 Å². The lowest BCUT2D eigenvalue weighted by atomic mass is 10.2. The van der Waals surface area contributed by atoms with Crippen LogP contribution in [0, 0.1) is 0 Å². The van der Waals surface area contributed by atoms with Crippen molar-refractivity contribution in [1.82, 2.24) is 15.5 Å². The third-order valence-corrected chi connectivity index (χ3v) is 3.93.